The first-order chi connectivity index (χ1) is 8.76. The lowest BCUT2D eigenvalue weighted by Crippen LogP contribution is -2.54. The van der Waals surface area contributed by atoms with E-state index < -0.39 is 0 Å². The number of nitrogens with zero attached hydrogens (tertiary/aromatic N) is 1. The van der Waals surface area contributed by atoms with Crippen LogP contribution in [0.3, 0.4) is 0 Å². The highest BCUT2D eigenvalue weighted by atomic mass is 15.2. The van der Waals surface area contributed by atoms with Crippen LogP contribution in [0.4, 0.5) is 0 Å². The quantitative estimate of drug-likeness (QED) is 0.806. The zero-order valence-electron chi connectivity index (χ0n) is 12.6. The van der Waals surface area contributed by atoms with Gasteiger partial charge in [-0.1, -0.05) is 20.8 Å². The molecule has 18 heavy (non-hydrogen) atoms. The van der Waals surface area contributed by atoms with E-state index in [1.165, 1.54) is 58.0 Å². The third-order valence-electron chi connectivity index (χ3n) is 5.06. The van der Waals surface area contributed by atoms with E-state index in [9.17, 15) is 0 Å². The van der Waals surface area contributed by atoms with E-state index in [0.717, 1.165) is 24.0 Å². The molecule has 1 N–H and O–H groups in total. The summed E-state index contributed by atoms with van der Waals surface area (Å²) in [7, 11) is 0. The highest BCUT2D eigenvalue weighted by molar-refractivity contribution is 4.94. The number of nitrogens with one attached hydrogen (secondary N) is 1. The molecule has 0 radical (unpaired) electrons. The molecular formula is C16H32N2. The van der Waals surface area contributed by atoms with Gasteiger partial charge in [-0.25, -0.2) is 0 Å². The highest BCUT2D eigenvalue weighted by Crippen LogP contribution is 2.33. The fourth-order valence-electron chi connectivity index (χ4n) is 4.02. The van der Waals surface area contributed by atoms with E-state index in [1.54, 1.807) is 0 Å². The van der Waals surface area contributed by atoms with E-state index >= 15 is 0 Å². The number of rotatable bonds is 5. The van der Waals surface area contributed by atoms with Crippen molar-refractivity contribution in [3.05, 3.63) is 0 Å². The molecule has 1 saturated heterocycles. The lowest BCUT2D eigenvalue weighted by molar-refractivity contribution is 0.0885. The Balaban J connectivity index is 1.99. The molecule has 1 aliphatic carbocycles. The van der Waals surface area contributed by atoms with Gasteiger partial charge in [0.1, 0.15) is 0 Å². The predicted molar refractivity (Wildman–Crippen MR) is 78.9 cm³/mol. The maximum atomic E-state index is 3.82. The average molecular weight is 252 g/mol. The molecule has 4 atom stereocenters. The molecule has 2 aliphatic rings. The van der Waals surface area contributed by atoms with Gasteiger partial charge in [0.05, 0.1) is 0 Å². The van der Waals surface area contributed by atoms with Crippen LogP contribution in [0.15, 0.2) is 0 Å². The summed E-state index contributed by atoms with van der Waals surface area (Å²) in [5.41, 5.74) is 0. The zero-order valence-corrected chi connectivity index (χ0v) is 12.6. The Morgan fingerprint density at radius 3 is 2.72 bits per heavy atom. The Hall–Kier alpha value is -0.0800. The average Bonchev–Trinajstić information content (AvgIpc) is 2.85. The molecule has 2 fully saturated rings. The summed E-state index contributed by atoms with van der Waals surface area (Å²) in [5.74, 6) is 0.924. The molecule has 2 rings (SSSR count). The Morgan fingerprint density at radius 2 is 2.00 bits per heavy atom. The molecule has 0 spiro atoms. The van der Waals surface area contributed by atoms with Crippen LogP contribution < -0.4 is 5.32 Å². The molecule has 2 heteroatoms. The smallest absolute Gasteiger partial charge is 0.0254 e. The van der Waals surface area contributed by atoms with Gasteiger partial charge in [-0.2, -0.15) is 0 Å². The van der Waals surface area contributed by atoms with Crippen LogP contribution in [-0.2, 0) is 0 Å². The van der Waals surface area contributed by atoms with E-state index in [4.69, 9.17) is 0 Å². The second-order valence-corrected chi connectivity index (χ2v) is 6.49. The van der Waals surface area contributed by atoms with Crippen molar-refractivity contribution in [2.24, 2.45) is 5.92 Å². The number of hydrogen-bond donors (Lipinski definition) is 1. The normalized spacial score (nSPS) is 38.2. The van der Waals surface area contributed by atoms with Gasteiger partial charge in [-0.05, 0) is 64.0 Å². The molecule has 1 heterocycles. The SMILES string of the molecule is CCCNC1CCC(C)CC1N1CCCC1CC. The van der Waals surface area contributed by atoms with Gasteiger partial charge in [0.2, 0.25) is 0 Å². The van der Waals surface area contributed by atoms with Gasteiger partial charge in [0, 0.05) is 18.1 Å². The number of hydrogen-bond acceptors (Lipinski definition) is 2. The van der Waals surface area contributed by atoms with Gasteiger partial charge < -0.3 is 5.32 Å². The van der Waals surface area contributed by atoms with E-state index in [0.29, 0.717) is 0 Å². The molecular weight excluding hydrogens is 220 g/mol. The van der Waals surface area contributed by atoms with Crippen LogP contribution in [0, 0.1) is 5.92 Å². The first kappa shape index (κ1) is 14.3. The van der Waals surface area contributed by atoms with E-state index in [2.05, 4.69) is 31.0 Å². The monoisotopic (exact) mass is 252 g/mol. The Kier molecular flexibility index (Phi) is 5.50. The van der Waals surface area contributed by atoms with Crippen LogP contribution in [0.2, 0.25) is 0 Å². The molecule has 1 aliphatic heterocycles. The van der Waals surface area contributed by atoms with E-state index in [1.807, 2.05) is 0 Å². The zero-order chi connectivity index (χ0) is 13.0. The molecule has 2 nitrogen and oxygen atoms in total. The van der Waals surface area contributed by atoms with Gasteiger partial charge in [-0.15, -0.1) is 0 Å². The summed E-state index contributed by atoms with van der Waals surface area (Å²) in [4.78, 5) is 2.85. The summed E-state index contributed by atoms with van der Waals surface area (Å²) in [6.45, 7) is 9.63. The van der Waals surface area contributed by atoms with Crippen molar-refractivity contribution in [1.29, 1.82) is 0 Å². The minimum Gasteiger partial charge on any atom is -0.312 e. The second kappa shape index (κ2) is 6.91. The minimum atomic E-state index is 0.758. The molecule has 0 aromatic carbocycles. The lowest BCUT2D eigenvalue weighted by atomic mass is 9.82. The molecule has 4 unspecified atom stereocenters. The van der Waals surface area contributed by atoms with Gasteiger partial charge >= 0.3 is 0 Å². The maximum absolute atomic E-state index is 3.82. The molecule has 106 valence electrons. The van der Waals surface area contributed by atoms with Crippen LogP contribution in [0.1, 0.15) is 65.7 Å². The first-order valence-electron chi connectivity index (χ1n) is 8.25. The summed E-state index contributed by atoms with van der Waals surface area (Å²) in [5, 5.41) is 3.82. The van der Waals surface area contributed by atoms with Crippen molar-refractivity contribution in [2.45, 2.75) is 83.8 Å². The predicted octanol–water partition coefficient (Wildman–Crippen LogP) is 3.42. The Bertz CT molecular complexity index is 239. The summed E-state index contributed by atoms with van der Waals surface area (Å²) in [6, 6.07) is 2.44. The van der Waals surface area contributed by atoms with Crippen LogP contribution in [0.25, 0.3) is 0 Å². The van der Waals surface area contributed by atoms with Crippen LogP contribution in [0.5, 0.6) is 0 Å². The molecule has 0 aromatic heterocycles. The van der Waals surface area contributed by atoms with Gasteiger partial charge in [0.15, 0.2) is 0 Å². The van der Waals surface area contributed by atoms with Crippen molar-refractivity contribution in [3.8, 4) is 0 Å². The lowest BCUT2D eigenvalue weighted by Gasteiger charge is -2.43. The van der Waals surface area contributed by atoms with Crippen molar-refractivity contribution in [1.82, 2.24) is 10.2 Å². The fourth-order valence-corrected chi connectivity index (χ4v) is 4.02. The van der Waals surface area contributed by atoms with Crippen molar-refractivity contribution >= 4 is 0 Å². The second-order valence-electron chi connectivity index (χ2n) is 6.49. The minimum absolute atomic E-state index is 0.758. The molecule has 1 saturated carbocycles. The van der Waals surface area contributed by atoms with E-state index in [-0.39, 0.29) is 0 Å². The molecule has 0 bridgehead atoms. The van der Waals surface area contributed by atoms with Crippen molar-refractivity contribution in [3.63, 3.8) is 0 Å². The molecule has 0 amide bonds. The van der Waals surface area contributed by atoms with Crippen LogP contribution in [-0.4, -0.2) is 36.1 Å². The number of likely N-dealkylation sites (tertiary alicyclic amines) is 1. The van der Waals surface area contributed by atoms with Gasteiger partial charge in [0.25, 0.3) is 0 Å². The standard InChI is InChI=1S/C16H32N2/c1-4-10-17-15-9-8-13(3)12-16(15)18-11-6-7-14(18)5-2/h13-17H,4-12H2,1-3H3. The van der Waals surface area contributed by atoms with Crippen LogP contribution >= 0.6 is 0 Å². The molecule has 0 aromatic rings. The summed E-state index contributed by atoms with van der Waals surface area (Å²) in [6.07, 6.45) is 9.67. The van der Waals surface area contributed by atoms with Crippen molar-refractivity contribution in [2.75, 3.05) is 13.1 Å². The largest absolute Gasteiger partial charge is 0.312 e. The third-order valence-corrected chi connectivity index (χ3v) is 5.06. The maximum Gasteiger partial charge on any atom is 0.0254 e. The summed E-state index contributed by atoms with van der Waals surface area (Å²) < 4.78 is 0. The highest BCUT2D eigenvalue weighted by Gasteiger charge is 2.37. The first-order valence-corrected chi connectivity index (χ1v) is 8.25. The van der Waals surface area contributed by atoms with Crippen molar-refractivity contribution < 1.29 is 0 Å². The topological polar surface area (TPSA) is 15.3 Å². The fraction of sp³-hybridized carbons (Fsp3) is 1.00. The van der Waals surface area contributed by atoms with Gasteiger partial charge in [-0.3, -0.25) is 4.90 Å². The Labute approximate surface area is 114 Å². The third kappa shape index (κ3) is 3.27. The Morgan fingerprint density at radius 1 is 1.17 bits per heavy atom. The summed E-state index contributed by atoms with van der Waals surface area (Å²) >= 11 is 0.